The standard InChI is InChI=1S/C18H29N3O3S.ClH/c1-13(2)10-18(3,12-19)21-17(22)15-5-4-6-16(9-15)25(23,24)20-11-14-7-8-14;/h4-6,9,13-14,20H,7-8,10-12,19H2,1-3H3,(H,21,22);1H. The van der Waals surface area contributed by atoms with Crippen LogP contribution in [0, 0.1) is 11.8 Å². The molecule has 4 N–H and O–H groups in total. The largest absolute Gasteiger partial charge is 0.346 e. The third kappa shape index (κ3) is 6.54. The van der Waals surface area contributed by atoms with E-state index in [4.69, 9.17) is 5.73 Å². The van der Waals surface area contributed by atoms with Gasteiger partial charge in [0.05, 0.1) is 4.90 Å². The van der Waals surface area contributed by atoms with Crippen LogP contribution in [0.25, 0.3) is 0 Å². The molecule has 0 saturated heterocycles. The number of benzene rings is 1. The van der Waals surface area contributed by atoms with Gasteiger partial charge in [-0.25, -0.2) is 13.1 Å². The van der Waals surface area contributed by atoms with Crippen molar-refractivity contribution >= 4 is 28.3 Å². The lowest BCUT2D eigenvalue weighted by atomic mass is 9.90. The van der Waals surface area contributed by atoms with Gasteiger partial charge in [-0.2, -0.15) is 0 Å². The van der Waals surface area contributed by atoms with E-state index in [0.29, 0.717) is 30.5 Å². The Morgan fingerprint density at radius 3 is 2.54 bits per heavy atom. The number of nitrogens with one attached hydrogen (secondary N) is 2. The topological polar surface area (TPSA) is 101 Å². The first-order chi connectivity index (χ1) is 11.6. The molecule has 1 aliphatic carbocycles. The fraction of sp³-hybridized carbons (Fsp3) is 0.611. The fourth-order valence-corrected chi connectivity index (χ4v) is 4.03. The molecular weight excluding hydrogens is 374 g/mol. The second kappa shape index (κ2) is 9.17. The first-order valence-corrected chi connectivity index (χ1v) is 10.3. The van der Waals surface area contributed by atoms with Gasteiger partial charge >= 0.3 is 0 Å². The molecule has 0 aromatic heterocycles. The Morgan fingerprint density at radius 2 is 2.00 bits per heavy atom. The lowest BCUT2D eigenvalue weighted by molar-refractivity contribution is 0.0898. The molecule has 1 atom stereocenters. The van der Waals surface area contributed by atoms with Gasteiger partial charge in [0.2, 0.25) is 10.0 Å². The average molecular weight is 404 g/mol. The number of carbonyl (C=O) groups excluding carboxylic acids is 1. The fourth-order valence-electron chi connectivity index (χ4n) is 2.87. The average Bonchev–Trinajstić information content (AvgIpc) is 3.37. The molecule has 148 valence electrons. The van der Waals surface area contributed by atoms with Crippen LogP contribution in [-0.2, 0) is 10.0 Å². The van der Waals surface area contributed by atoms with Crippen LogP contribution in [-0.4, -0.2) is 33.0 Å². The second-order valence-electron chi connectivity index (χ2n) is 7.64. The van der Waals surface area contributed by atoms with Crippen molar-refractivity contribution in [1.82, 2.24) is 10.0 Å². The Labute approximate surface area is 162 Å². The van der Waals surface area contributed by atoms with Crippen LogP contribution in [0.5, 0.6) is 0 Å². The van der Waals surface area contributed by atoms with Gasteiger partial charge in [0.1, 0.15) is 0 Å². The minimum absolute atomic E-state index is 0. The van der Waals surface area contributed by atoms with E-state index in [-0.39, 0.29) is 23.2 Å². The summed E-state index contributed by atoms with van der Waals surface area (Å²) in [7, 11) is -3.59. The number of amides is 1. The summed E-state index contributed by atoms with van der Waals surface area (Å²) in [5.74, 6) is 0.516. The molecule has 0 radical (unpaired) electrons. The lowest BCUT2D eigenvalue weighted by Crippen LogP contribution is -2.52. The van der Waals surface area contributed by atoms with Crippen LogP contribution < -0.4 is 15.8 Å². The van der Waals surface area contributed by atoms with Crippen molar-refractivity contribution in [1.29, 1.82) is 0 Å². The maximum Gasteiger partial charge on any atom is 0.251 e. The first-order valence-electron chi connectivity index (χ1n) is 8.77. The first kappa shape index (κ1) is 22.9. The molecule has 1 fully saturated rings. The third-order valence-electron chi connectivity index (χ3n) is 4.39. The highest BCUT2D eigenvalue weighted by Crippen LogP contribution is 2.28. The highest BCUT2D eigenvalue weighted by molar-refractivity contribution is 7.89. The number of rotatable bonds is 9. The van der Waals surface area contributed by atoms with E-state index >= 15 is 0 Å². The number of carbonyl (C=O) groups is 1. The summed E-state index contributed by atoms with van der Waals surface area (Å²) in [5, 5.41) is 2.95. The van der Waals surface area contributed by atoms with Gasteiger partial charge in [0.25, 0.3) is 5.91 Å². The Morgan fingerprint density at radius 1 is 1.35 bits per heavy atom. The maximum atomic E-state index is 12.6. The molecule has 1 amide bonds. The Bertz CT molecular complexity index is 720. The van der Waals surface area contributed by atoms with Crippen molar-refractivity contribution in [2.24, 2.45) is 17.6 Å². The van der Waals surface area contributed by atoms with Crippen molar-refractivity contribution in [3.05, 3.63) is 29.8 Å². The SMILES string of the molecule is CC(C)CC(C)(CN)NC(=O)c1cccc(S(=O)(=O)NCC2CC2)c1.Cl. The molecule has 1 unspecified atom stereocenters. The van der Waals surface area contributed by atoms with Gasteiger partial charge < -0.3 is 11.1 Å². The summed E-state index contributed by atoms with van der Waals surface area (Å²) < 4.78 is 27.3. The zero-order valence-corrected chi connectivity index (χ0v) is 17.3. The van der Waals surface area contributed by atoms with E-state index in [9.17, 15) is 13.2 Å². The van der Waals surface area contributed by atoms with Crippen molar-refractivity contribution < 1.29 is 13.2 Å². The number of nitrogens with two attached hydrogens (primary N) is 1. The van der Waals surface area contributed by atoms with E-state index in [0.717, 1.165) is 19.3 Å². The van der Waals surface area contributed by atoms with Gasteiger partial charge in [-0.3, -0.25) is 4.79 Å². The van der Waals surface area contributed by atoms with Gasteiger partial charge in [-0.1, -0.05) is 19.9 Å². The number of hydrogen-bond donors (Lipinski definition) is 3. The molecule has 2 rings (SSSR count). The zero-order chi connectivity index (χ0) is 18.7. The van der Waals surface area contributed by atoms with Crippen LogP contribution in [0.3, 0.4) is 0 Å². The number of halogens is 1. The molecule has 0 heterocycles. The Kier molecular flexibility index (Phi) is 8.07. The Hall–Kier alpha value is -1.15. The van der Waals surface area contributed by atoms with E-state index in [2.05, 4.69) is 23.9 Å². The smallest absolute Gasteiger partial charge is 0.251 e. The summed E-state index contributed by atoms with van der Waals surface area (Å²) in [5.41, 5.74) is 5.63. The quantitative estimate of drug-likeness (QED) is 0.588. The summed E-state index contributed by atoms with van der Waals surface area (Å²) in [6.45, 7) is 6.82. The van der Waals surface area contributed by atoms with E-state index < -0.39 is 15.6 Å². The molecule has 1 saturated carbocycles. The predicted molar refractivity (Wildman–Crippen MR) is 106 cm³/mol. The van der Waals surface area contributed by atoms with E-state index in [1.165, 1.54) is 12.1 Å². The van der Waals surface area contributed by atoms with Crippen molar-refractivity contribution in [3.8, 4) is 0 Å². The normalized spacial score (nSPS) is 16.7. The number of sulfonamides is 1. The van der Waals surface area contributed by atoms with Crippen LogP contribution in [0.15, 0.2) is 29.2 Å². The summed E-state index contributed by atoms with van der Waals surface area (Å²) in [4.78, 5) is 12.7. The third-order valence-corrected chi connectivity index (χ3v) is 5.81. The van der Waals surface area contributed by atoms with Crippen LogP contribution in [0.1, 0.15) is 50.4 Å². The summed E-state index contributed by atoms with van der Waals surface area (Å²) >= 11 is 0. The van der Waals surface area contributed by atoms with Crippen molar-refractivity contribution in [2.45, 2.75) is 50.5 Å². The highest BCUT2D eigenvalue weighted by atomic mass is 35.5. The number of hydrogen-bond acceptors (Lipinski definition) is 4. The van der Waals surface area contributed by atoms with E-state index in [1.54, 1.807) is 12.1 Å². The minimum Gasteiger partial charge on any atom is -0.346 e. The minimum atomic E-state index is -3.59. The Balaban J connectivity index is 0.00000338. The molecule has 1 aliphatic rings. The molecule has 8 heteroatoms. The van der Waals surface area contributed by atoms with Crippen LogP contribution >= 0.6 is 12.4 Å². The molecule has 26 heavy (non-hydrogen) atoms. The maximum absolute atomic E-state index is 12.6. The molecule has 0 aliphatic heterocycles. The van der Waals surface area contributed by atoms with Gasteiger partial charge in [0, 0.05) is 24.2 Å². The van der Waals surface area contributed by atoms with Gasteiger partial charge in [-0.15, -0.1) is 12.4 Å². The van der Waals surface area contributed by atoms with Crippen LogP contribution in [0.2, 0.25) is 0 Å². The second-order valence-corrected chi connectivity index (χ2v) is 9.41. The highest BCUT2D eigenvalue weighted by Gasteiger charge is 2.27. The van der Waals surface area contributed by atoms with Gasteiger partial charge in [0.15, 0.2) is 0 Å². The zero-order valence-electron chi connectivity index (χ0n) is 15.6. The predicted octanol–water partition coefficient (Wildman–Crippen LogP) is 2.29. The van der Waals surface area contributed by atoms with E-state index in [1.807, 2.05) is 6.92 Å². The molecule has 1 aromatic rings. The van der Waals surface area contributed by atoms with Crippen LogP contribution in [0.4, 0.5) is 0 Å². The van der Waals surface area contributed by atoms with Gasteiger partial charge in [-0.05, 0) is 56.2 Å². The molecule has 6 nitrogen and oxygen atoms in total. The van der Waals surface area contributed by atoms with Crippen molar-refractivity contribution in [3.63, 3.8) is 0 Å². The molecule has 0 bridgehead atoms. The monoisotopic (exact) mass is 403 g/mol. The molecular formula is C18H30ClN3O3S. The molecule has 1 aromatic carbocycles. The summed E-state index contributed by atoms with van der Waals surface area (Å²) in [6.07, 6.45) is 2.88. The lowest BCUT2D eigenvalue weighted by Gasteiger charge is -2.31. The summed E-state index contributed by atoms with van der Waals surface area (Å²) in [6, 6.07) is 6.11. The molecule has 0 spiro atoms. The van der Waals surface area contributed by atoms with Crippen molar-refractivity contribution in [2.75, 3.05) is 13.1 Å².